The number of nitrogens with zero attached hydrogens (tertiary/aromatic N) is 3. The van der Waals surface area contributed by atoms with Crippen molar-refractivity contribution in [3.63, 3.8) is 0 Å². The van der Waals surface area contributed by atoms with E-state index in [9.17, 15) is 23.1 Å². The highest BCUT2D eigenvalue weighted by molar-refractivity contribution is 6.01. The van der Waals surface area contributed by atoms with Crippen LogP contribution in [0.4, 0.5) is 24.5 Å². The zero-order chi connectivity index (χ0) is 21.6. The Labute approximate surface area is 170 Å². The largest absolute Gasteiger partial charge is 0.378 e. The van der Waals surface area contributed by atoms with Crippen molar-refractivity contribution >= 4 is 17.3 Å². The van der Waals surface area contributed by atoms with Crippen LogP contribution < -0.4 is 5.32 Å². The molecule has 4 rings (SSSR count). The highest BCUT2D eigenvalue weighted by Crippen LogP contribution is 2.34. The summed E-state index contributed by atoms with van der Waals surface area (Å²) >= 11 is 0. The van der Waals surface area contributed by atoms with Crippen molar-refractivity contribution < 1.29 is 23.1 Å². The van der Waals surface area contributed by atoms with Crippen LogP contribution in [0.15, 0.2) is 42.7 Å². The fourth-order valence-electron chi connectivity index (χ4n) is 3.56. The maximum Gasteiger partial charge on any atom is 0.256 e. The molecule has 1 aliphatic heterocycles. The van der Waals surface area contributed by atoms with Gasteiger partial charge in [-0.05, 0) is 36.8 Å². The highest BCUT2D eigenvalue weighted by atomic mass is 19.2. The lowest BCUT2D eigenvalue weighted by Crippen LogP contribution is -2.62. The van der Waals surface area contributed by atoms with E-state index in [0.29, 0.717) is 11.4 Å². The van der Waals surface area contributed by atoms with Crippen LogP contribution in [-0.2, 0) is 12.6 Å². The Morgan fingerprint density at radius 1 is 1.17 bits per heavy atom. The number of anilines is 2. The Morgan fingerprint density at radius 2 is 1.90 bits per heavy atom. The number of β-amino-alcohol motifs (C(OH)–C–C–N with tert-alkyl or cyclic N) is 1. The number of aliphatic hydroxyl groups is 1. The zero-order valence-corrected chi connectivity index (χ0v) is 16.3. The van der Waals surface area contributed by atoms with Crippen molar-refractivity contribution in [2.45, 2.75) is 12.5 Å². The quantitative estimate of drug-likeness (QED) is 0.685. The van der Waals surface area contributed by atoms with Crippen LogP contribution >= 0.6 is 0 Å². The number of amides is 1. The molecule has 0 spiro atoms. The average molecular weight is 416 g/mol. The van der Waals surface area contributed by atoms with Gasteiger partial charge in [0.2, 0.25) is 0 Å². The number of rotatable bonds is 4. The Hall–Kier alpha value is -3.33. The molecule has 3 aromatic rings. The van der Waals surface area contributed by atoms with Gasteiger partial charge in [-0.15, -0.1) is 0 Å². The predicted molar refractivity (Wildman–Crippen MR) is 104 cm³/mol. The number of hydrogen-bond acceptors (Lipinski definition) is 4. The molecule has 30 heavy (non-hydrogen) atoms. The molecule has 0 saturated carbocycles. The van der Waals surface area contributed by atoms with Crippen molar-refractivity contribution in [1.29, 1.82) is 0 Å². The van der Waals surface area contributed by atoms with E-state index in [4.69, 9.17) is 0 Å². The maximum atomic E-state index is 14.5. The van der Waals surface area contributed by atoms with E-state index in [1.54, 1.807) is 30.8 Å². The van der Waals surface area contributed by atoms with Crippen LogP contribution in [0.3, 0.4) is 0 Å². The third-order valence-corrected chi connectivity index (χ3v) is 5.14. The van der Waals surface area contributed by atoms with E-state index < -0.39 is 34.6 Å². The number of aryl methyl sites for hydroxylation is 2. The lowest BCUT2D eigenvalue weighted by molar-refractivity contribution is -0.0938. The van der Waals surface area contributed by atoms with Gasteiger partial charge in [-0.25, -0.2) is 18.2 Å². The van der Waals surface area contributed by atoms with E-state index in [1.807, 2.05) is 0 Å². The molecule has 1 saturated heterocycles. The number of carbonyl (C=O) groups is 1. The fraction of sp³-hybridized carbons (Fsp3) is 0.238. The summed E-state index contributed by atoms with van der Waals surface area (Å²) in [5, 5.41) is 13.2. The van der Waals surface area contributed by atoms with Gasteiger partial charge in [0.1, 0.15) is 11.6 Å². The first-order valence-corrected chi connectivity index (χ1v) is 9.20. The molecular weight excluding hydrogens is 397 g/mol. The second kappa shape index (κ2) is 7.17. The van der Waals surface area contributed by atoms with E-state index in [-0.39, 0.29) is 24.3 Å². The molecule has 0 atom stereocenters. The van der Waals surface area contributed by atoms with Crippen LogP contribution in [-0.4, -0.2) is 38.6 Å². The molecule has 0 aliphatic carbocycles. The normalized spacial score (nSPS) is 15.1. The number of nitrogens with one attached hydrogen (secondary N) is 1. The van der Waals surface area contributed by atoms with Crippen LogP contribution in [0.1, 0.15) is 21.7 Å². The maximum absolute atomic E-state index is 14.5. The fourth-order valence-corrected chi connectivity index (χ4v) is 3.56. The first-order valence-electron chi connectivity index (χ1n) is 9.20. The minimum atomic E-state index is -1.33. The van der Waals surface area contributed by atoms with Gasteiger partial charge in [-0.2, -0.15) is 0 Å². The minimum Gasteiger partial charge on any atom is -0.378 e. The molecule has 1 aromatic heterocycles. The zero-order valence-electron chi connectivity index (χ0n) is 16.3. The molecule has 0 bridgehead atoms. The molecular formula is C21H19F3N4O2. The summed E-state index contributed by atoms with van der Waals surface area (Å²) in [4.78, 5) is 18.3. The summed E-state index contributed by atoms with van der Waals surface area (Å²) in [7, 11) is 1.72. The number of carbonyl (C=O) groups excluding carboxylic acids is 1. The van der Waals surface area contributed by atoms with Crippen molar-refractivity contribution in [2.75, 3.05) is 18.4 Å². The molecule has 6 nitrogen and oxygen atoms in total. The summed E-state index contributed by atoms with van der Waals surface area (Å²) in [5.74, 6) is -3.35. The van der Waals surface area contributed by atoms with Crippen LogP contribution in [0.25, 0.3) is 0 Å². The Kier molecular flexibility index (Phi) is 4.77. The first kappa shape index (κ1) is 20.0. The Morgan fingerprint density at radius 3 is 2.53 bits per heavy atom. The number of imidazole rings is 1. The van der Waals surface area contributed by atoms with E-state index in [2.05, 4.69) is 10.3 Å². The van der Waals surface area contributed by atoms with E-state index in [0.717, 1.165) is 12.1 Å². The topological polar surface area (TPSA) is 70.4 Å². The van der Waals surface area contributed by atoms with Gasteiger partial charge < -0.3 is 19.9 Å². The summed E-state index contributed by atoms with van der Waals surface area (Å²) in [5.41, 5.74) is -1.40. The summed E-state index contributed by atoms with van der Waals surface area (Å²) in [6, 6.07) is 6.19. The number of hydrogen-bond donors (Lipinski definition) is 2. The SMILES string of the molecule is Cc1ccc(Nc2c(C(=O)N3CC(O)(c4nccn4C)C3)ccc(F)c2F)c(F)c1. The molecule has 2 aromatic carbocycles. The minimum absolute atomic E-state index is 0.0615. The number of aromatic nitrogens is 2. The van der Waals surface area contributed by atoms with Gasteiger partial charge >= 0.3 is 0 Å². The molecule has 156 valence electrons. The number of likely N-dealkylation sites (tertiary alicyclic amines) is 1. The van der Waals surface area contributed by atoms with Gasteiger partial charge in [-0.1, -0.05) is 6.07 Å². The monoisotopic (exact) mass is 416 g/mol. The average Bonchev–Trinajstić information content (AvgIpc) is 3.11. The van der Waals surface area contributed by atoms with E-state index in [1.165, 1.54) is 23.2 Å². The molecule has 1 amide bonds. The summed E-state index contributed by atoms with van der Waals surface area (Å²) in [6.45, 7) is 1.57. The van der Waals surface area contributed by atoms with Gasteiger partial charge in [0, 0.05) is 19.4 Å². The third-order valence-electron chi connectivity index (χ3n) is 5.14. The lowest BCUT2D eigenvalue weighted by Gasteiger charge is -2.45. The van der Waals surface area contributed by atoms with Gasteiger partial charge in [0.25, 0.3) is 5.91 Å². The van der Waals surface area contributed by atoms with Crippen molar-refractivity contribution in [2.24, 2.45) is 7.05 Å². The van der Waals surface area contributed by atoms with Gasteiger partial charge in [-0.3, -0.25) is 4.79 Å². The van der Waals surface area contributed by atoms with Crippen molar-refractivity contribution in [3.8, 4) is 0 Å². The van der Waals surface area contributed by atoms with Crippen LogP contribution in [0.5, 0.6) is 0 Å². The third kappa shape index (κ3) is 3.30. The molecule has 9 heteroatoms. The standard InChI is InChI=1S/C21H19F3N4O2/c1-12-3-6-16(15(23)9-12)26-18-13(4-5-14(22)17(18)24)19(29)28-10-21(30,11-28)20-25-7-8-27(20)2/h3-9,26,30H,10-11H2,1-2H3. The predicted octanol–water partition coefficient (Wildman–Crippen LogP) is 3.23. The van der Waals surface area contributed by atoms with E-state index >= 15 is 0 Å². The molecule has 1 aliphatic rings. The molecule has 0 radical (unpaired) electrons. The highest BCUT2D eigenvalue weighted by Gasteiger charge is 2.48. The first-order chi connectivity index (χ1) is 14.2. The molecule has 2 heterocycles. The summed E-state index contributed by atoms with van der Waals surface area (Å²) < 4.78 is 44.3. The van der Waals surface area contributed by atoms with Gasteiger partial charge in [0.15, 0.2) is 17.2 Å². The second-order valence-corrected chi connectivity index (χ2v) is 7.45. The van der Waals surface area contributed by atoms with Crippen molar-refractivity contribution in [3.05, 3.63) is 77.1 Å². The summed E-state index contributed by atoms with van der Waals surface area (Å²) in [6.07, 6.45) is 3.20. The van der Waals surface area contributed by atoms with Gasteiger partial charge in [0.05, 0.1) is 30.0 Å². The second-order valence-electron chi connectivity index (χ2n) is 7.45. The lowest BCUT2D eigenvalue weighted by atomic mass is 9.92. The number of benzene rings is 2. The molecule has 0 unspecified atom stereocenters. The van der Waals surface area contributed by atoms with Crippen LogP contribution in [0, 0.1) is 24.4 Å². The molecule has 1 fully saturated rings. The number of halogens is 3. The van der Waals surface area contributed by atoms with Crippen LogP contribution in [0.2, 0.25) is 0 Å². The Bertz CT molecular complexity index is 1140. The molecule has 2 N–H and O–H groups in total. The van der Waals surface area contributed by atoms with Crippen molar-refractivity contribution in [1.82, 2.24) is 14.5 Å². The smallest absolute Gasteiger partial charge is 0.256 e. The Balaban J connectivity index is 1.62.